The summed E-state index contributed by atoms with van der Waals surface area (Å²) in [6.45, 7) is 3.88. The van der Waals surface area contributed by atoms with E-state index in [0.29, 0.717) is 18.3 Å². The molecule has 2 N–H and O–H groups in total. The molecule has 0 radical (unpaired) electrons. The third-order valence-corrected chi connectivity index (χ3v) is 5.39. The molecule has 0 aliphatic carbocycles. The molecule has 28 heavy (non-hydrogen) atoms. The number of phenols is 1. The number of nitrogens with one attached hydrogen (secondary N) is 1. The SMILES string of the molecule is Oc1ccc(-c2cncnc2)cc1CNC1CCN(Cc2ccccc2)CC1. The van der Waals surface area contributed by atoms with Crippen LogP contribution in [0.25, 0.3) is 11.1 Å². The van der Waals surface area contributed by atoms with E-state index in [2.05, 4.69) is 50.5 Å². The number of aromatic hydroxyl groups is 1. The van der Waals surface area contributed by atoms with Gasteiger partial charge in [0.05, 0.1) is 0 Å². The highest BCUT2D eigenvalue weighted by Crippen LogP contribution is 2.25. The van der Waals surface area contributed by atoms with E-state index in [9.17, 15) is 5.11 Å². The standard InChI is InChI=1S/C23H26N4O/c28-23-7-6-19(21-13-24-17-25-14-21)12-20(23)15-26-22-8-10-27(11-9-22)16-18-4-2-1-3-5-18/h1-7,12-14,17,22,26,28H,8-11,15-16H2. The van der Waals surface area contributed by atoms with Crippen molar-refractivity contribution in [2.75, 3.05) is 13.1 Å². The molecular formula is C23H26N4O. The molecule has 2 heterocycles. The summed E-state index contributed by atoms with van der Waals surface area (Å²) in [7, 11) is 0. The molecule has 3 aromatic rings. The maximum Gasteiger partial charge on any atom is 0.120 e. The fourth-order valence-corrected chi connectivity index (χ4v) is 3.75. The largest absolute Gasteiger partial charge is 0.508 e. The molecule has 1 aliphatic heterocycles. The predicted octanol–water partition coefficient (Wildman–Crippen LogP) is 3.60. The van der Waals surface area contributed by atoms with E-state index in [0.717, 1.165) is 49.2 Å². The quantitative estimate of drug-likeness (QED) is 0.690. The molecule has 1 aliphatic rings. The van der Waals surface area contributed by atoms with Crippen LogP contribution in [0.1, 0.15) is 24.0 Å². The predicted molar refractivity (Wildman–Crippen MR) is 111 cm³/mol. The normalized spacial score (nSPS) is 15.6. The second kappa shape index (κ2) is 8.95. The van der Waals surface area contributed by atoms with Crippen molar-refractivity contribution in [1.29, 1.82) is 0 Å². The fourth-order valence-electron chi connectivity index (χ4n) is 3.75. The lowest BCUT2D eigenvalue weighted by Crippen LogP contribution is -2.41. The number of likely N-dealkylation sites (tertiary alicyclic amines) is 1. The molecular weight excluding hydrogens is 348 g/mol. The van der Waals surface area contributed by atoms with Crippen molar-refractivity contribution in [1.82, 2.24) is 20.2 Å². The summed E-state index contributed by atoms with van der Waals surface area (Å²) >= 11 is 0. The molecule has 0 atom stereocenters. The number of aromatic nitrogens is 2. The monoisotopic (exact) mass is 374 g/mol. The summed E-state index contributed by atoms with van der Waals surface area (Å²) in [5.41, 5.74) is 4.26. The van der Waals surface area contributed by atoms with Gasteiger partial charge in [0.2, 0.25) is 0 Å². The van der Waals surface area contributed by atoms with E-state index in [1.165, 1.54) is 11.9 Å². The number of phenolic OH excluding ortho intramolecular Hbond substituents is 1. The minimum absolute atomic E-state index is 0.328. The van der Waals surface area contributed by atoms with Crippen LogP contribution < -0.4 is 5.32 Å². The number of rotatable bonds is 6. The molecule has 2 aromatic carbocycles. The summed E-state index contributed by atoms with van der Waals surface area (Å²) in [4.78, 5) is 10.7. The summed E-state index contributed by atoms with van der Waals surface area (Å²) in [5.74, 6) is 0.328. The zero-order valence-electron chi connectivity index (χ0n) is 16.0. The van der Waals surface area contributed by atoms with Crippen LogP contribution in [-0.2, 0) is 13.1 Å². The molecule has 0 unspecified atom stereocenters. The van der Waals surface area contributed by atoms with Gasteiger partial charge in [-0.1, -0.05) is 36.4 Å². The van der Waals surface area contributed by atoms with Crippen LogP contribution in [0.3, 0.4) is 0 Å². The van der Waals surface area contributed by atoms with Crippen molar-refractivity contribution in [3.05, 3.63) is 78.4 Å². The van der Waals surface area contributed by atoms with Crippen molar-refractivity contribution in [2.45, 2.75) is 32.0 Å². The van der Waals surface area contributed by atoms with E-state index in [1.54, 1.807) is 18.5 Å². The Morgan fingerprint density at radius 2 is 1.71 bits per heavy atom. The highest BCUT2D eigenvalue weighted by molar-refractivity contribution is 5.63. The van der Waals surface area contributed by atoms with Gasteiger partial charge in [-0.2, -0.15) is 0 Å². The topological polar surface area (TPSA) is 61.3 Å². The molecule has 0 spiro atoms. The number of hydrogen-bond donors (Lipinski definition) is 2. The van der Waals surface area contributed by atoms with Crippen LogP contribution in [0.2, 0.25) is 0 Å². The molecule has 0 bridgehead atoms. The van der Waals surface area contributed by atoms with Crippen LogP contribution >= 0.6 is 0 Å². The average Bonchev–Trinajstić information content (AvgIpc) is 2.75. The Hall–Kier alpha value is -2.76. The van der Waals surface area contributed by atoms with Gasteiger partial charge in [0.25, 0.3) is 0 Å². The Labute approximate surface area is 166 Å². The highest BCUT2D eigenvalue weighted by atomic mass is 16.3. The lowest BCUT2D eigenvalue weighted by Gasteiger charge is -2.32. The minimum atomic E-state index is 0.328. The van der Waals surface area contributed by atoms with Crippen molar-refractivity contribution in [3.8, 4) is 16.9 Å². The summed E-state index contributed by atoms with van der Waals surface area (Å²) in [5, 5.41) is 13.9. The number of hydrogen-bond acceptors (Lipinski definition) is 5. The first-order valence-corrected chi connectivity index (χ1v) is 9.85. The fraction of sp³-hybridized carbons (Fsp3) is 0.304. The zero-order chi connectivity index (χ0) is 19.2. The first-order valence-electron chi connectivity index (χ1n) is 9.85. The van der Waals surface area contributed by atoms with E-state index >= 15 is 0 Å². The summed E-state index contributed by atoms with van der Waals surface area (Å²) < 4.78 is 0. The van der Waals surface area contributed by atoms with Gasteiger partial charge in [-0.15, -0.1) is 0 Å². The minimum Gasteiger partial charge on any atom is -0.508 e. The molecule has 5 heteroatoms. The second-order valence-electron chi connectivity index (χ2n) is 7.39. The highest BCUT2D eigenvalue weighted by Gasteiger charge is 2.19. The molecule has 5 nitrogen and oxygen atoms in total. The van der Waals surface area contributed by atoms with Crippen LogP contribution in [0.15, 0.2) is 67.3 Å². The Bertz CT molecular complexity index is 878. The first kappa shape index (κ1) is 18.6. The molecule has 4 rings (SSSR count). The van der Waals surface area contributed by atoms with Gasteiger partial charge in [-0.25, -0.2) is 9.97 Å². The lowest BCUT2D eigenvalue weighted by molar-refractivity contribution is 0.190. The Morgan fingerprint density at radius 3 is 2.46 bits per heavy atom. The molecule has 1 aromatic heterocycles. The van der Waals surface area contributed by atoms with Gasteiger partial charge < -0.3 is 10.4 Å². The van der Waals surface area contributed by atoms with Crippen LogP contribution in [-0.4, -0.2) is 39.1 Å². The molecule has 0 amide bonds. The Balaban J connectivity index is 1.31. The zero-order valence-corrected chi connectivity index (χ0v) is 16.0. The maximum absolute atomic E-state index is 10.2. The van der Waals surface area contributed by atoms with Crippen LogP contribution in [0, 0.1) is 0 Å². The van der Waals surface area contributed by atoms with Gasteiger partial charge in [-0.05, 0) is 49.2 Å². The lowest BCUT2D eigenvalue weighted by atomic mass is 10.0. The smallest absolute Gasteiger partial charge is 0.120 e. The average molecular weight is 374 g/mol. The van der Waals surface area contributed by atoms with Crippen molar-refractivity contribution >= 4 is 0 Å². The third-order valence-electron chi connectivity index (χ3n) is 5.39. The first-order chi connectivity index (χ1) is 13.8. The number of piperidine rings is 1. The molecule has 1 fully saturated rings. The van der Waals surface area contributed by atoms with Gasteiger partial charge in [0, 0.05) is 42.7 Å². The summed E-state index contributed by atoms with van der Waals surface area (Å²) in [6.07, 6.45) is 7.36. The number of benzene rings is 2. The van der Waals surface area contributed by atoms with Crippen molar-refractivity contribution in [2.24, 2.45) is 0 Å². The van der Waals surface area contributed by atoms with Gasteiger partial charge >= 0.3 is 0 Å². The second-order valence-corrected chi connectivity index (χ2v) is 7.39. The van der Waals surface area contributed by atoms with E-state index in [-0.39, 0.29) is 0 Å². The van der Waals surface area contributed by atoms with Crippen LogP contribution in [0.5, 0.6) is 5.75 Å². The molecule has 1 saturated heterocycles. The van der Waals surface area contributed by atoms with E-state index < -0.39 is 0 Å². The third kappa shape index (κ3) is 4.74. The van der Waals surface area contributed by atoms with Gasteiger partial charge in [0.1, 0.15) is 12.1 Å². The van der Waals surface area contributed by atoms with E-state index in [1.807, 2.05) is 12.1 Å². The molecule has 0 saturated carbocycles. The Morgan fingerprint density at radius 1 is 0.964 bits per heavy atom. The Kier molecular flexibility index (Phi) is 5.95. The van der Waals surface area contributed by atoms with Crippen molar-refractivity contribution in [3.63, 3.8) is 0 Å². The van der Waals surface area contributed by atoms with Crippen LogP contribution in [0.4, 0.5) is 0 Å². The van der Waals surface area contributed by atoms with Gasteiger partial charge in [-0.3, -0.25) is 4.90 Å². The maximum atomic E-state index is 10.2. The van der Waals surface area contributed by atoms with Gasteiger partial charge in [0.15, 0.2) is 0 Å². The van der Waals surface area contributed by atoms with Crippen molar-refractivity contribution < 1.29 is 5.11 Å². The summed E-state index contributed by atoms with van der Waals surface area (Å²) in [6, 6.07) is 16.8. The van der Waals surface area contributed by atoms with E-state index in [4.69, 9.17) is 0 Å². The molecule has 144 valence electrons. The number of nitrogens with zero attached hydrogens (tertiary/aromatic N) is 3.